The maximum absolute atomic E-state index is 8.70. The molecule has 1 N–H and O–H groups in total. The van der Waals surface area contributed by atoms with Crippen molar-refractivity contribution in [2.75, 3.05) is 19.0 Å². The maximum atomic E-state index is 8.70. The summed E-state index contributed by atoms with van der Waals surface area (Å²) in [7, 11) is 1.67. The number of methoxy groups -OCH3 is 1. The molecule has 0 fully saturated rings. The van der Waals surface area contributed by atoms with Crippen molar-refractivity contribution in [1.29, 1.82) is 5.26 Å². The summed E-state index contributed by atoms with van der Waals surface area (Å²) >= 11 is 6.03. The SMILES string of the molecule is COC(C)(C)CNc1ccc(C#N)cc1Cl. The third-order valence-corrected chi connectivity index (χ3v) is 2.67. The van der Waals surface area contributed by atoms with Gasteiger partial charge in [-0.1, -0.05) is 11.6 Å². The number of nitriles is 1. The Labute approximate surface area is 101 Å². The molecule has 0 heterocycles. The van der Waals surface area contributed by atoms with E-state index in [0.29, 0.717) is 17.1 Å². The maximum Gasteiger partial charge on any atom is 0.0992 e. The van der Waals surface area contributed by atoms with Crippen LogP contribution in [0.15, 0.2) is 18.2 Å². The lowest BCUT2D eigenvalue weighted by Crippen LogP contribution is -2.32. The van der Waals surface area contributed by atoms with Crippen molar-refractivity contribution in [3.05, 3.63) is 28.8 Å². The number of rotatable bonds is 4. The van der Waals surface area contributed by atoms with Gasteiger partial charge in [0.2, 0.25) is 0 Å². The molecule has 0 amide bonds. The molecule has 0 bridgehead atoms. The van der Waals surface area contributed by atoms with Gasteiger partial charge in [0.25, 0.3) is 0 Å². The van der Waals surface area contributed by atoms with Gasteiger partial charge in [0, 0.05) is 13.7 Å². The minimum Gasteiger partial charge on any atom is -0.381 e. The van der Waals surface area contributed by atoms with E-state index in [4.69, 9.17) is 21.6 Å². The summed E-state index contributed by atoms with van der Waals surface area (Å²) in [5.74, 6) is 0. The Kier molecular flexibility index (Phi) is 4.17. The van der Waals surface area contributed by atoms with Crippen LogP contribution in [0.1, 0.15) is 19.4 Å². The second kappa shape index (κ2) is 5.20. The van der Waals surface area contributed by atoms with Gasteiger partial charge in [0.05, 0.1) is 27.9 Å². The third kappa shape index (κ3) is 3.41. The normalized spacial score (nSPS) is 10.9. The van der Waals surface area contributed by atoms with Gasteiger partial charge in [0.1, 0.15) is 0 Å². The molecule has 1 aromatic rings. The van der Waals surface area contributed by atoms with E-state index >= 15 is 0 Å². The number of hydrogen-bond donors (Lipinski definition) is 1. The van der Waals surface area contributed by atoms with Crippen molar-refractivity contribution in [2.45, 2.75) is 19.4 Å². The molecule has 86 valence electrons. The summed E-state index contributed by atoms with van der Waals surface area (Å²) in [5.41, 5.74) is 1.12. The van der Waals surface area contributed by atoms with Crippen molar-refractivity contribution >= 4 is 17.3 Å². The van der Waals surface area contributed by atoms with Crippen LogP contribution in [0.25, 0.3) is 0 Å². The predicted molar refractivity (Wildman–Crippen MR) is 65.7 cm³/mol. The molecular formula is C12H15ClN2O. The Morgan fingerprint density at radius 2 is 2.19 bits per heavy atom. The predicted octanol–water partition coefficient (Wildman–Crippen LogP) is 3.05. The third-order valence-electron chi connectivity index (χ3n) is 2.36. The van der Waals surface area contributed by atoms with Gasteiger partial charge in [-0.15, -0.1) is 0 Å². The molecule has 1 rings (SSSR count). The molecule has 0 spiro atoms. The highest BCUT2D eigenvalue weighted by Gasteiger charge is 2.16. The van der Waals surface area contributed by atoms with Crippen LogP contribution in [-0.2, 0) is 4.74 Å². The number of ether oxygens (including phenoxy) is 1. The standard InChI is InChI=1S/C12H15ClN2O/c1-12(2,16-3)8-15-11-5-4-9(7-14)6-10(11)13/h4-6,15H,8H2,1-3H3. The second-order valence-electron chi connectivity index (χ2n) is 4.12. The van der Waals surface area contributed by atoms with Gasteiger partial charge in [0.15, 0.2) is 0 Å². The molecule has 0 radical (unpaired) electrons. The van der Waals surface area contributed by atoms with Crippen molar-refractivity contribution in [1.82, 2.24) is 0 Å². The largest absolute Gasteiger partial charge is 0.381 e. The highest BCUT2D eigenvalue weighted by atomic mass is 35.5. The molecule has 16 heavy (non-hydrogen) atoms. The molecule has 0 saturated heterocycles. The molecule has 0 aliphatic rings. The lowest BCUT2D eigenvalue weighted by molar-refractivity contribution is 0.0344. The molecular weight excluding hydrogens is 224 g/mol. The van der Waals surface area contributed by atoms with E-state index in [-0.39, 0.29) is 5.60 Å². The van der Waals surface area contributed by atoms with E-state index < -0.39 is 0 Å². The summed E-state index contributed by atoms with van der Waals surface area (Å²) in [5, 5.41) is 12.4. The van der Waals surface area contributed by atoms with E-state index in [9.17, 15) is 0 Å². The summed E-state index contributed by atoms with van der Waals surface area (Å²) in [4.78, 5) is 0. The molecule has 0 atom stereocenters. The molecule has 0 aliphatic heterocycles. The van der Waals surface area contributed by atoms with Crippen LogP contribution in [0.3, 0.4) is 0 Å². The molecule has 1 aromatic carbocycles. The number of hydrogen-bond acceptors (Lipinski definition) is 3. The first-order valence-electron chi connectivity index (χ1n) is 4.97. The van der Waals surface area contributed by atoms with Crippen LogP contribution in [0.5, 0.6) is 0 Å². The number of halogens is 1. The van der Waals surface area contributed by atoms with Crippen molar-refractivity contribution < 1.29 is 4.74 Å². The van der Waals surface area contributed by atoms with Gasteiger partial charge in [-0.3, -0.25) is 0 Å². The first kappa shape index (κ1) is 12.8. The fourth-order valence-electron chi connectivity index (χ4n) is 1.11. The van der Waals surface area contributed by atoms with Crippen LogP contribution >= 0.6 is 11.6 Å². The second-order valence-corrected chi connectivity index (χ2v) is 4.53. The lowest BCUT2D eigenvalue weighted by Gasteiger charge is -2.24. The van der Waals surface area contributed by atoms with E-state index in [1.165, 1.54) is 0 Å². The molecule has 0 aromatic heterocycles. The van der Waals surface area contributed by atoms with Crippen molar-refractivity contribution in [3.63, 3.8) is 0 Å². The van der Waals surface area contributed by atoms with Gasteiger partial charge < -0.3 is 10.1 Å². The zero-order valence-corrected chi connectivity index (χ0v) is 10.4. The van der Waals surface area contributed by atoms with Crippen LogP contribution in [0, 0.1) is 11.3 Å². The van der Waals surface area contributed by atoms with Gasteiger partial charge >= 0.3 is 0 Å². The average molecular weight is 239 g/mol. The first-order valence-corrected chi connectivity index (χ1v) is 5.35. The van der Waals surface area contributed by atoms with Crippen molar-refractivity contribution in [2.24, 2.45) is 0 Å². The van der Waals surface area contributed by atoms with E-state index in [1.807, 2.05) is 19.9 Å². The number of nitrogens with one attached hydrogen (secondary N) is 1. The Morgan fingerprint density at radius 1 is 1.50 bits per heavy atom. The highest BCUT2D eigenvalue weighted by Crippen LogP contribution is 2.23. The fourth-order valence-corrected chi connectivity index (χ4v) is 1.36. The summed E-state index contributed by atoms with van der Waals surface area (Å²) < 4.78 is 5.29. The zero-order valence-electron chi connectivity index (χ0n) is 9.67. The average Bonchev–Trinajstić information content (AvgIpc) is 2.27. The first-order chi connectivity index (χ1) is 7.48. The number of nitrogens with zero attached hydrogens (tertiary/aromatic N) is 1. The van der Waals surface area contributed by atoms with Gasteiger partial charge in [-0.05, 0) is 32.0 Å². The lowest BCUT2D eigenvalue weighted by atomic mass is 10.1. The molecule has 3 nitrogen and oxygen atoms in total. The van der Waals surface area contributed by atoms with Crippen LogP contribution in [0.4, 0.5) is 5.69 Å². The zero-order chi connectivity index (χ0) is 12.2. The van der Waals surface area contributed by atoms with Gasteiger partial charge in [-0.25, -0.2) is 0 Å². The van der Waals surface area contributed by atoms with Crippen molar-refractivity contribution in [3.8, 4) is 6.07 Å². The minimum absolute atomic E-state index is 0.253. The number of benzene rings is 1. The Morgan fingerprint density at radius 3 is 2.69 bits per heavy atom. The van der Waals surface area contributed by atoms with Crippen LogP contribution in [-0.4, -0.2) is 19.3 Å². The fraction of sp³-hybridized carbons (Fsp3) is 0.417. The van der Waals surface area contributed by atoms with Gasteiger partial charge in [-0.2, -0.15) is 5.26 Å². The van der Waals surface area contributed by atoms with E-state index in [1.54, 1.807) is 25.3 Å². The number of anilines is 1. The molecule has 0 aliphatic carbocycles. The highest BCUT2D eigenvalue weighted by molar-refractivity contribution is 6.33. The Hall–Kier alpha value is -1.24. The topological polar surface area (TPSA) is 45.0 Å². The molecule has 0 saturated carbocycles. The van der Waals surface area contributed by atoms with E-state index in [2.05, 4.69) is 5.32 Å². The Bertz CT molecular complexity index is 410. The summed E-state index contributed by atoms with van der Waals surface area (Å²) in [6.07, 6.45) is 0. The van der Waals surface area contributed by atoms with Crippen LogP contribution in [0.2, 0.25) is 5.02 Å². The summed E-state index contributed by atoms with van der Waals surface area (Å²) in [6, 6.07) is 7.21. The summed E-state index contributed by atoms with van der Waals surface area (Å²) in [6.45, 7) is 4.62. The van der Waals surface area contributed by atoms with Crippen LogP contribution < -0.4 is 5.32 Å². The Balaban J connectivity index is 2.73. The smallest absolute Gasteiger partial charge is 0.0992 e. The molecule has 4 heteroatoms. The van der Waals surface area contributed by atoms with E-state index in [0.717, 1.165) is 5.69 Å². The quantitative estimate of drug-likeness (QED) is 0.877. The minimum atomic E-state index is -0.253. The monoisotopic (exact) mass is 238 g/mol. The molecule has 0 unspecified atom stereocenters.